The molecule has 0 aliphatic heterocycles. The van der Waals surface area contributed by atoms with E-state index in [1.807, 2.05) is 0 Å². The van der Waals surface area contributed by atoms with Gasteiger partial charge in [-0.2, -0.15) is 0 Å². The molecule has 8 N–H and O–H groups in total. The number of rotatable bonds is 80. The second-order valence-corrected chi connectivity index (χ2v) is 19.9. The minimum Gasteiger partial charge on any atom is -0.382 e. The van der Waals surface area contributed by atoms with Crippen LogP contribution in [-0.2, 0) is 123 Å². The molecule has 4 amide bonds. The summed E-state index contributed by atoms with van der Waals surface area (Å²) in [6.45, 7) is 20.8. The van der Waals surface area contributed by atoms with Crippen molar-refractivity contribution < 1.29 is 133 Å². The largest absolute Gasteiger partial charge is 0.382 e. The van der Waals surface area contributed by atoms with Crippen LogP contribution in [0.15, 0.2) is 0 Å². The van der Waals surface area contributed by atoms with Gasteiger partial charge in [-0.3, -0.25) is 19.2 Å². The molecule has 574 valence electrons. The van der Waals surface area contributed by atoms with Gasteiger partial charge in [-0.05, 0) is 0 Å². The lowest BCUT2D eigenvalue weighted by Gasteiger charge is -2.11. The van der Waals surface area contributed by atoms with Gasteiger partial charge in [-0.15, -0.1) is 0 Å². The molecule has 0 unspecified atom stereocenters. The van der Waals surface area contributed by atoms with Crippen molar-refractivity contribution in [2.45, 2.75) is 12.8 Å². The van der Waals surface area contributed by atoms with E-state index < -0.39 is 11.8 Å². The van der Waals surface area contributed by atoms with Crippen LogP contribution in [0, 0.1) is 0 Å². The van der Waals surface area contributed by atoms with Crippen LogP contribution in [0.2, 0.25) is 0 Å². The summed E-state index contributed by atoms with van der Waals surface area (Å²) < 4.78 is 130. The van der Waals surface area contributed by atoms with E-state index in [0.717, 1.165) is 0 Å². The maximum Gasteiger partial charge on any atom is 0.273 e. The van der Waals surface area contributed by atoms with Gasteiger partial charge in [0.05, 0.1) is 304 Å². The standard InChI is InChI=1S/C62H118N8O28/c1-75-11-13-79-19-21-83-27-29-87-35-37-91-43-45-95-51-53-97-49-47-93-41-39-89-33-31-85-25-23-81-17-15-77-9-3-55(71)65-5-7-67-61(73)57-59(63)70-58(60(64)69-57)62(74)68-8-6-66-56(72)4-10-78-16-18-82-24-26-86-32-34-90-40-42-94-48-50-98-54-52-96-46-44-92-38-36-88-30-28-84-22-20-80-14-12-76-2/h3-54H2,1-2H3,(H2,64,69)(H2,63,70)(H,65,71)(H,66,72)(H,67,73)(H,68,74). The molecule has 36 nitrogen and oxygen atoms in total. The fourth-order valence-electron chi connectivity index (χ4n) is 7.11. The average Bonchev–Trinajstić information content (AvgIpc) is 0.938. The summed E-state index contributed by atoms with van der Waals surface area (Å²) in [5.74, 6) is -2.63. The molecule has 0 atom stereocenters. The number of ether oxygens (including phenoxy) is 24. The number of hydrogen-bond donors (Lipinski definition) is 6. The molecule has 1 heterocycles. The van der Waals surface area contributed by atoms with Crippen LogP contribution >= 0.6 is 0 Å². The number of nitrogens with two attached hydrogens (primary N) is 2. The van der Waals surface area contributed by atoms with Gasteiger partial charge in [0.1, 0.15) is 0 Å². The van der Waals surface area contributed by atoms with Crippen LogP contribution in [0.25, 0.3) is 0 Å². The van der Waals surface area contributed by atoms with Gasteiger partial charge in [-0.1, -0.05) is 0 Å². The number of anilines is 2. The molecule has 0 aliphatic rings. The normalized spacial score (nSPS) is 11.4. The first kappa shape index (κ1) is 91.6. The Morgan fingerprint density at radius 2 is 0.378 bits per heavy atom. The lowest BCUT2D eigenvalue weighted by atomic mass is 10.3. The molecular weight excluding hydrogens is 1300 g/mol. The quantitative estimate of drug-likeness (QED) is 0.0376. The van der Waals surface area contributed by atoms with Crippen molar-refractivity contribution in [3.05, 3.63) is 11.4 Å². The van der Waals surface area contributed by atoms with Gasteiger partial charge >= 0.3 is 0 Å². The second-order valence-electron chi connectivity index (χ2n) is 19.9. The summed E-state index contributed by atoms with van der Waals surface area (Å²) >= 11 is 0. The Balaban J connectivity index is 1.85. The molecular formula is C62H118N8O28. The monoisotopic (exact) mass is 1420 g/mol. The van der Waals surface area contributed by atoms with Gasteiger partial charge in [0.15, 0.2) is 23.0 Å². The number of nitrogens with one attached hydrogen (secondary N) is 4. The first-order valence-electron chi connectivity index (χ1n) is 33.5. The van der Waals surface area contributed by atoms with Gasteiger partial charge in [0.25, 0.3) is 11.8 Å². The van der Waals surface area contributed by atoms with E-state index in [1.165, 1.54) is 0 Å². The molecule has 0 saturated heterocycles. The van der Waals surface area contributed by atoms with Gasteiger partial charge in [0, 0.05) is 53.2 Å². The summed E-state index contributed by atoms with van der Waals surface area (Å²) in [6, 6.07) is 0. The average molecular weight is 1420 g/mol. The SMILES string of the molecule is COCCOCCOCCOCCOCCOCCOCCOCCOCCOCCOCCOCCC(=O)NCCNC(=O)c1nc(N)c(C(=O)NCCNC(=O)CCOCCOCCOCCOCCOCCOCCOCCOCCOCCOCCOCCOC)nc1N. The summed E-state index contributed by atoms with van der Waals surface area (Å²) in [5, 5.41) is 10.5. The van der Waals surface area contributed by atoms with Crippen molar-refractivity contribution in [2.24, 2.45) is 0 Å². The first-order chi connectivity index (χ1) is 48.3. The molecule has 1 rings (SSSR count). The Bertz CT molecular complexity index is 1810. The van der Waals surface area contributed by atoms with Crippen LogP contribution in [0.5, 0.6) is 0 Å². The molecule has 0 saturated carbocycles. The number of methoxy groups -OCH3 is 2. The molecule has 98 heavy (non-hydrogen) atoms. The highest BCUT2D eigenvalue weighted by Crippen LogP contribution is 2.13. The summed E-state index contributed by atoms with van der Waals surface area (Å²) in [6.07, 6.45) is 0.198. The van der Waals surface area contributed by atoms with Crippen LogP contribution in [0.1, 0.15) is 33.8 Å². The minimum absolute atomic E-state index is 0.0446. The Hall–Kier alpha value is -4.40. The molecule has 0 aliphatic carbocycles. The van der Waals surface area contributed by atoms with E-state index in [9.17, 15) is 19.2 Å². The molecule has 0 aromatic carbocycles. The van der Waals surface area contributed by atoms with Crippen molar-refractivity contribution in [1.82, 2.24) is 31.2 Å². The second kappa shape index (κ2) is 75.3. The predicted octanol–water partition coefficient (Wildman–Crippen LogP) is -2.23. The van der Waals surface area contributed by atoms with Crippen LogP contribution in [0.3, 0.4) is 0 Å². The Labute approximate surface area is 577 Å². The molecule has 0 spiro atoms. The van der Waals surface area contributed by atoms with E-state index >= 15 is 0 Å². The maximum atomic E-state index is 12.7. The lowest BCUT2D eigenvalue weighted by Crippen LogP contribution is -2.37. The van der Waals surface area contributed by atoms with Crippen LogP contribution in [0.4, 0.5) is 11.6 Å². The highest BCUT2D eigenvalue weighted by atomic mass is 16.6. The predicted molar refractivity (Wildman–Crippen MR) is 353 cm³/mol. The van der Waals surface area contributed by atoms with E-state index in [-0.39, 0.29) is 87.1 Å². The molecule has 0 fully saturated rings. The van der Waals surface area contributed by atoms with Crippen molar-refractivity contribution >= 4 is 35.3 Å². The first-order valence-corrected chi connectivity index (χ1v) is 33.5. The third-order valence-corrected chi connectivity index (χ3v) is 12.1. The molecule has 36 heteroatoms. The van der Waals surface area contributed by atoms with Crippen LogP contribution < -0.4 is 32.7 Å². The molecule has 0 bridgehead atoms. The zero-order chi connectivity index (χ0) is 70.6. The van der Waals surface area contributed by atoms with Crippen LogP contribution in [-0.4, -0.2) is 378 Å². The van der Waals surface area contributed by atoms with E-state index in [4.69, 9.17) is 125 Å². The zero-order valence-electron chi connectivity index (χ0n) is 58.2. The van der Waals surface area contributed by atoms with E-state index in [1.54, 1.807) is 14.2 Å². The Morgan fingerprint density at radius 3 is 0.541 bits per heavy atom. The number of nitrogens with zero attached hydrogens (tertiary/aromatic N) is 2. The highest BCUT2D eigenvalue weighted by Gasteiger charge is 2.20. The number of nitrogen functional groups attached to an aromatic ring is 2. The Morgan fingerprint density at radius 1 is 0.235 bits per heavy atom. The van der Waals surface area contributed by atoms with Crippen molar-refractivity contribution in [3.63, 3.8) is 0 Å². The third-order valence-electron chi connectivity index (χ3n) is 12.1. The van der Waals surface area contributed by atoms with Gasteiger partial charge in [-0.25, -0.2) is 9.97 Å². The number of carbonyl (C=O) groups is 4. The smallest absolute Gasteiger partial charge is 0.273 e. The number of hydrogen-bond acceptors (Lipinski definition) is 32. The van der Waals surface area contributed by atoms with Gasteiger partial charge in [0.2, 0.25) is 11.8 Å². The van der Waals surface area contributed by atoms with Crippen molar-refractivity contribution in [3.8, 4) is 0 Å². The third kappa shape index (κ3) is 64.9. The fraction of sp³-hybridized carbons (Fsp3) is 0.871. The fourth-order valence-corrected chi connectivity index (χ4v) is 7.11. The zero-order valence-corrected chi connectivity index (χ0v) is 58.2. The topological polar surface area (TPSA) is 416 Å². The number of aromatic nitrogens is 2. The van der Waals surface area contributed by atoms with Crippen molar-refractivity contribution in [2.75, 3.05) is 356 Å². The summed E-state index contributed by atoms with van der Waals surface area (Å²) in [7, 11) is 3.27. The summed E-state index contributed by atoms with van der Waals surface area (Å²) in [5.41, 5.74) is 11.3. The maximum absolute atomic E-state index is 12.7. The molecule has 0 radical (unpaired) electrons. The minimum atomic E-state index is -0.705. The number of amides is 4. The van der Waals surface area contributed by atoms with Crippen molar-refractivity contribution in [1.29, 1.82) is 0 Å². The molecule has 1 aromatic rings. The highest BCUT2D eigenvalue weighted by molar-refractivity contribution is 6.00. The summed E-state index contributed by atoms with van der Waals surface area (Å²) in [4.78, 5) is 57.9. The van der Waals surface area contributed by atoms with E-state index in [0.29, 0.717) is 291 Å². The van der Waals surface area contributed by atoms with Gasteiger partial charge < -0.3 is 146 Å². The number of carbonyl (C=O) groups excluding carboxylic acids is 4. The lowest BCUT2D eigenvalue weighted by molar-refractivity contribution is -0.123. The van der Waals surface area contributed by atoms with E-state index in [2.05, 4.69) is 31.2 Å². The Kier molecular flexibility index (Phi) is 70.4. The molecule has 1 aromatic heterocycles.